The first-order valence-corrected chi connectivity index (χ1v) is 4.62. The number of ketones is 1. The van der Waals surface area contributed by atoms with Crippen LogP contribution in [0.15, 0.2) is 0 Å². The van der Waals surface area contributed by atoms with Crippen LogP contribution in [0, 0.1) is 0 Å². The van der Waals surface area contributed by atoms with Gasteiger partial charge in [0.2, 0.25) is 5.91 Å². The number of nitrogens with two attached hydrogens (primary N) is 1. The summed E-state index contributed by atoms with van der Waals surface area (Å²) < 4.78 is 0. The summed E-state index contributed by atoms with van der Waals surface area (Å²) in [4.78, 5) is 30.3. The first-order chi connectivity index (χ1) is 7.18. The van der Waals surface area contributed by atoms with Crippen LogP contribution in [-0.4, -0.2) is 46.6 Å². The van der Waals surface area contributed by atoms with Crippen LogP contribution < -0.4 is 11.1 Å². The Hall–Kier alpha value is -1.47. The van der Waals surface area contributed by atoms with Crippen molar-refractivity contribution in [2.75, 3.05) is 6.54 Å². The van der Waals surface area contributed by atoms with E-state index >= 15 is 0 Å². The smallest absolute Gasteiger partial charge is 0.322 e. The van der Waals surface area contributed by atoms with Crippen LogP contribution in [-0.2, 0) is 14.4 Å². The molecule has 0 saturated heterocycles. The van der Waals surface area contributed by atoms with E-state index in [2.05, 4.69) is 5.32 Å². The normalized spacial score (nSPS) is 12.8. The first-order valence-electron chi connectivity index (χ1n) is 4.62. The first kappa shape index (κ1) is 16.9. The van der Waals surface area contributed by atoms with E-state index < -0.39 is 24.0 Å². The van der Waals surface area contributed by atoms with Gasteiger partial charge in [-0.15, -0.1) is 0 Å². The predicted molar refractivity (Wildman–Crippen MR) is 56.7 cm³/mol. The van der Waals surface area contributed by atoms with Crippen LogP contribution in [0.5, 0.6) is 0 Å². The van der Waals surface area contributed by atoms with Crippen molar-refractivity contribution < 1.29 is 24.6 Å². The Morgan fingerprint density at radius 1 is 1.31 bits per heavy atom. The lowest BCUT2D eigenvalue weighted by molar-refractivity contribution is -0.138. The van der Waals surface area contributed by atoms with Crippen molar-refractivity contribution in [2.45, 2.75) is 32.9 Å². The van der Waals surface area contributed by atoms with Crippen LogP contribution in [0.25, 0.3) is 0 Å². The standard InChI is InChI=1S/C5H10N2O3.C4H8O2/c1-3(6)5(10)7-2-4(8)9;1-3(5)4(2)6/h3H,2,6H2,1H3,(H,7,10)(H,8,9);3,5H,1-2H3/t3-;/m0./s1. The van der Waals surface area contributed by atoms with Crippen LogP contribution >= 0.6 is 0 Å². The molecule has 0 aliphatic carbocycles. The lowest BCUT2D eigenvalue weighted by Crippen LogP contribution is -2.40. The number of aliphatic hydroxyl groups excluding tert-OH is 1. The lowest BCUT2D eigenvalue weighted by Gasteiger charge is -2.03. The second-order valence-corrected chi connectivity index (χ2v) is 3.19. The van der Waals surface area contributed by atoms with Gasteiger partial charge >= 0.3 is 5.97 Å². The molecule has 1 amide bonds. The second kappa shape index (κ2) is 8.81. The summed E-state index contributed by atoms with van der Waals surface area (Å²) in [7, 11) is 0. The van der Waals surface area contributed by atoms with Gasteiger partial charge in [0, 0.05) is 0 Å². The molecule has 0 spiro atoms. The van der Waals surface area contributed by atoms with E-state index in [4.69, 9.17) is 15.9 Å². The number of carboxylic acid groups (broad SMARTS) is 1. The number of Topliss-reactive ketones (excluding diaryl/α,β-unsaturated/α-hetero) is 1. The summed E-state index contributed by atoms with van der Waals surface area (Å²) in [6, 6.07) is -0.653. The largest absolute Gasteiger partial charge is 0.480 e. The van der Waals surface area contributed by atoms with Gasteiger partial charge in [0.1, 0.15) is 12.6 Å². The number of hydrogen-bond acceptors (Lipinski definition) is 5. The Bertz CT molecular complexity index is 250. The number of rotatable bonds is 4. The fraction of sp³-hybridized carbons (Fsp3) is 0.667. The summed E-state index contributed by atoms with van der Waals surface area (Å²) in [6.45, 7) is 3.91. The molecule has 7 heteroatoms. The molecule has 0 bridgehead atoms. The Kier molecular flexibility index (Phi) is 9.33. The van der Waals surface area contributed by atoms with E-state index in [0.29, 0.717) is 0 Å². The molecule has 7 nitrogen and oxygen atoms in total. The Balaban J connectivity index is 0. The molecule has 0 radical (unpaired) electrons. The molecule has 0 saturated carbocycles. The highest BCUT2D eigenvalue weighted by Crippen LogP contribution is 1.77. The fourth-order valence-corrected chi connectivity index (χ4v) is 0.324. The quantitative estimate of drug-likeness (QED) is 0.468. The van der Waals surface area contributed by atoms with E-state index in [9.17, 15) is 14.4 Å². The van der Waals surface area contributed by atoms with E-state index in [1.54, 1.807) is 0 Å². The molecule has 0 aliphatic heterocycles. The zero-order chi connectivity index (χ0) is 13.3. The van der Waals surface area contributed by atoms with Gasteiger partial charge in [0.05, 0.1) is 6.04 Å². The monoisotopic (exact) mass is 234 g/mol. The van der Waals surface area contributed by atoms with Crippen molar-refractivity contribution in [2.24, 2.45) is 5.73 Å². The SMILES string of the molecule is CC(=O)C(C)O.C[C@H](N)C(=O)NCC(=O)O. The molecule has 0 aliphatic rings. The number of amides is 1. The number of aliphatic hydroxyl groups is 1. The van der Waals surface area contributed by atoms with Gasteiger partial charge in [0.25, 0.3) is 0 Å². The van der Waals surface area contributed by atoms with Crippen molar-refractivity contribution in [1.82, 2.24) is 5.32 Å². The van der Waals surface area contributed by atoms with Gasteiger partial charge in [-0.1, -0.05) is 0 Å². The second-order valence-electron chi connectivity index (χ2n) is 3.19. The maximum absolute atomic E-state index is 10.5. The molecule has 0 heterocycles. The minimum absolute atomic E-state index is 0.185. The number of carbonyl (C=O) groups excluding carboxylic acids is 2. The summed E-state index contributed by atoms with van der Waals surface area (Å²) in [5, 5.41) is 18.5. The van der Waals surface area contributed by atoms with Crippen molar-refractivity contribution >= 4 is 17.7 Å². The number of carboxylic acids is 1. The van der Waals surface area contributed by atoms with Crippen molar-refractivity contribution in [1.29, 1.82) is 0 Å². The highest BCUT2D eigenvalue weighted by Gasteiger charge is 2.07. The summed E-state index contributed by atoms with van der Waals surface area (Å²) in [6.07, 6.45) is -0.787. The average molecular weight is 234 g/mol. The summed E-state index contributed by atoms with van der Waals surface area (Å²) >= 11 is 0. The number of aliphatic carboxylic acids is 1. The van der Waals surface area contributed by atoms with Crippen LogP contribution in [0.2, 0.25) is 0 Å². The molecule has 5 N–H and O–H groups in total. The van der Waals surface area contributed by atoms with Gasteiger partial charge in [-0.05, 0) is 20.8 Å². The molecule has 94 valence electrons. The van der Waals surface area contributed by atoms with Gasteiger partial charge in [-0.2, -0.15) is 0 Å². The fourth-order valence-electron chi connectivity index (χ4n) is 0.324. The molecule has 0 rings (SSSR count). The van der Waals surface area contributed by atoms with Gasteiger partial charge < -0.3 is 21.3 Å². The number of nitrogens with one attached hydrogen (secondary N) is 1. The molecule has 16 heavy (non-hydrogen) atoms. The third kappa shape index (κ3) is 12.5. The van der Waals surface area contributed by atoms with E-state index in [1.807, 2.05) is 0 Å². The zero-order valence-corrected chi connectivity index (χ0v) is 9.56. The molecular formula is C9H18N2O5. The maximum Gasteiger partial charge on any atom is 0.322 e. The van der Waals surface area contributed by atoms with Crippen molar-refractivity contribution in [3.05, 3.63) is 0 Å². The van der Waals surface area contributed by atoms with Gasteiger partial charge in [0.15, 0.2) is 5.78 Å². The average Bonchev–Trinajstić information content (AvgIpc) is 2.14. The third-order valence-electron chi connectivity index (χ3n) is 1.42. The highest BCUT2D eigenvalue weighted by molar-refractivity contribution is 5.84. The van der Waals surface area contributed by atoms with Crippen molar-refractivity contribution in [3.8, 4) is 0 Å². The van der Waals surface area contributed by atoms with E-state index in [1.165, 1.54) is 20.8 Å². The number of carbonyl (C=O) groups is 3. The molecule has 0 fully saturated rings. The minimum atomic E-state index is -1.07. The minimum Gasteiger partial charge on any atom is -0.480 e. The van der Waals surface area contributed by atoms with Crippen LogP contribution in [0.3, 0.4) is 0 Å². The van der Waals surface area contributed by atoms with Crippen LogP contribution in [0.4, 0.5) is 0 Å². The summed E-state index contributed by atoms with van der Waals surface area (Å²) in [5.41, 5.74) is 5.12. The highest BCUT2D eigenvalue weighted by atomic mass is 16.4. The van der Waals surface area contributed by atoms with Gasteiger partial charge in [-0.25, -0.2) is 0 Å². The zero-order valence-electron chi connectivity index (χ0n) is 9.56. The Morgan fingerprint density at radius 2 is 1.69 bits per heavy atom. The van der Waals surface area contributed by atoms with E-state index in [-0.39, 0.29) is 12.3 Å². The van der Waals surface area contributed by atoms with Crippen LogP contribution in [0.1, 0.15) is 20.8 Å². The molecule has 1 unspecified atom stereocenters. The summed E-state index contributed by atoms with van der Waals surface area (Å²) in [5.74, 6) is -1.72. The lowest BCUT2D eigenvalue weighted by atomic mass is 10.3. The maximum atomic E-state index is 10.5. The van der Waals surface area contributed by atoms with Gasteiger partial charge in [-0.3, -0.25) is 14.4 Å². The third-order valence-corrected chi connectivity index (χ3v) is 1.42. The molecular weight excluding hydrogens is 216 g/mol. The van der Waals surface area contributed by atoms with E-state index in [0.717, 1.165) is 0 Å². The molecule has 2 atom stereocenters. The predicted octanol–water partition coefficient (Wildman–Crippen LogP) is -1.51. The molecule has 0 aromatic carbocycles. The Morgan fingerprint density at radius 3 is 1.88 bits per heavy atom. The molecule has 0 aromatic heterocycles. The number of hydrogen-bond donors (Lipinski definition) is 4. The molecule has 0 aromatic rings. The Labute approximate surface area is 93.6 Å². The topological polar surface area (TPSA) is 130 Å². The van der Waals surface area contributed by atoms with Crippen molar-refractivity contribution in [3.63, 3.8) is 0 Å².